The van der Waals surface area contributed by atoms with Crippen LogP contribution in [0.4, 0.5) is 0 Å². The Morgan fingerprint density at radius 1 is 1.32 bits per heavy atom. The molecule has 0 saturated heterocycles. The van der Waals surface area contributed by atoms with E-state index in [0.29, 0.717) is 53.2 Å². The van der Waals surface area contributed by atoms with Crippen LogP contribution in [0.2, 0.25) is 5.02 Å². The molecule has 3 aromatic rings. The molecule has 4 rings (SSSR count). The molecule has 0 atom stereocenters. The Labute approximate surface area is 166 Å². The Hall–Kier alpha value is -2.77. The van der Waals surface area contributed by atoms with Crippen molar-refractivity contribution >= 4 is 11.6 Å². The number of nitrogens with zero attached hydrogens (tertiary/aromatic N) is 2. The normalized spacial score (nSPS) is 14.0. The second-order valence-electron chi connectivity index (χ2n) is 6.59. The molecular formula is C20H20ClN3O4. The molecule has 146 valence electrons. The number of hydrogen-bond donors (Lipinski definition) is 1. The number of aromatic amines is 1. The van der Waals surface area contributed by atoms with E-state index in [1.807, 2.05) is 12.1 Å². The molecule has 1 aliphatic rings. The number of benzene rings is 1. The van der Waals surface area contributed by atoms with Crippen molar-refractivity contribution < 1.29 is 13.9 Å². The van der Waals surface area contributed by atoms with E-state index in [4.69, 9.17) is 25.5 Å². The van der Waals surface area contributed by atoms with Gasteiger partial charge >= 0.3 is 0 Å². The molecule has 0 unspecified atom stereocenters. The quantitative estimate of drug-likeness (QED) is 0.706. The van der Waals surface area contributed by atoms with Crippen LogP contribution in [0.5, 0.6) is 11.5 Å². The van der Waals surface area contributed by atoms with Crippen molar-refractivity contribution in [3.8, 4) is 23.1 Å². The summed E-state index contributed by atoms with van der Waals surface area (Å²) in [6.07, 6.45) is 2.25. The van der Waals surface area contributed by atoms with Gasteiger partial charge in [-0.25, -0.2) is 4.98 Å². The Balaban J connectivity index is 1.57. The average molecular weight is 402 g/mol. The van der Waals surface area contributed by atoms with E-state index in [-0.39, 0.29) is 5.56 Å². The fraction of sp³-hybridized carbons (Fsp3) is 0.300. The van der Waals surface area contributed by atoms with Crippen molar-refractivity contribution in [2.24, 2.45) is 0 Å². The molecule has 0 bridgehead atoms. The number of H-pyrrole nitrogens is 1. The lowest BCUT2D eigenvalue weighted by atomic mass is 10.1. The van der Waals surface area contributed by atoms with Crippen molar-refractivity contribution in [3.05, 3.63) is 62.7 Å². The third kappa shape index (κ3) is 3.50. The molecule has 1 N–H and O–H groups in total. The number of fused-ring (bicyclic) bond motifs is 1. The average Bonchev–Trinajstić information content (AvgIpc) is 3.22. The van der Waals surface area contributed by atoms with E-state index >= 15 is 0 Å². The van der Waals surface area contributed by atoms with Gasteiger partial charge in [0.2, 0.25) is 0 Å². The van der Waals surface area contributed by atoms with Crippen LogP contribution in [0.1, 0.15) is 16.8 Å². The summed E-state index contributed by atoms with van der Waals surface area (Å²) in [5.41, 5.74) is 2.36. The van der Waals surface area contributed by atoms with Gasteiger partial charge in [-0.2, -0.15) is 0 Å². The molecular weight excluding hydrogens is 382 g/mol. The van der Waals surface area contributed by atoms with E-state index in [0.717, 1.165) is 17.8 Å². The lowest BCUT2D eigenvalue weighted by Crippen LogP contribution is -2.35. The highest BCUT2D eigenvalue weighted by atomic mass is 35.5. The first kappa shape index (κ1) is 18.6. The van der Waals surface area contributed by atoms with Gasteiger partial charge in [0, 0.05) is 26.1 Å². The zero-order valence-corrected chi connectivity index (χ0v) is 16.4. The van der Waals surface area contributed by atoms with Gasteiger partial charge in [0.25, 0.3) is 5.56 Å². The van der Waals surface area contributed by atoms with Crippen molar-refractivity contribution in [3.63, 3.8) is 0 Å². The molecule has 0 amide bonds. The molecule has 2 aromatic heterocycles. The van der Waals surface area contributed by atoms with Crippen LogP contribution in [0, 0.1) is 0 Å². The van der Waals surface area contributed by atoms with Gasteiger partial charge in [-0.05, 0) is 29.8 Å². The van der Waals surface area contributed by atoms with Crippen LogP contribution in [-0.2, 0) is 19.5 Å². The third-order valence-corrected chi connectivity index (χ3v) is 5.08. The van der Waals surface area contributed by atoms with Crippen molar-refractivity contribution in [2.75, 3.05) is 20.8 Å². The zero-order chi connectivity index (χ0) is 19.7. The highest BCUT2D eigenvalue weighted by Crippen LogP contribution is 2.36. The number of rotatable bonds is 5. The standard InChI is InChI=1S/C20H20ClN3O4/c1-26-17-9-12(8-14(21)18(17)27-2)10-24-6-5-15-13(11-24)20(25)23-19(22-15)16-4-3-7-28-16/h3-4,7-9H,5-6,10-11H2,1-2H3,(H,22,23,25). The van der Waals surface area contributed by atoms with Gasteiger partial charge in [0.15, 0.2) is 23.1 Å². The van der Waals surface area contributed by atoms with Gasteiger partial charge in [-0.1, -0.05) is 11.6 Å². The Morgan fingerprint density at radius 3 is 2.89 bits per heavy atom. The molecule has 1 aliphatic heterocycles. The third-order valence-electron chi connectivity index (χ3n) is 4.80. The molecule has 1 aromatic carbocycles. The lowest BCUT2D eigenvalue weighted by molar-refractivity contribution is 0.241. The van der Waals surface area contributed by atoms with E-state index < -0.39 is 0 Å². The molecule has 0 aliphatic carbocycles. The SMILES string of the molecule is COc1cc(CN2CCc3nc(-c4ccco4)[nH]c(=O)c3C2)cc(Cl)c1OC. The zero-order valence-electron chi connectivity index (χ0n) is 15.6. The minimum Gasteiger partial charge on any atom is -0.493 e. The summed E-state index contributed by atoms with van der Waals surface area (Å²) in [5.74, 6) is 2.13. The summed E-state index contributed by atoms with van der Waals surface area (Å²) in [6, 6.07) is 7.31. The summed E-state index contributed by atoms with van der Waals surface area (Å²) in [7, 11) is 3.14. The second-order valence-corrected chi connectivity index (χ2v) is 7.00. The van der Waals surface area contributed by atoms with Crippen LogP contribution in [0.25, 0.3) is 11.6 Å². The fourth-order valence-corrected chi connectivity index (χ4v) is 3.78. The maximum atomic E-state index is 12.6. The maximum absolute atomic E-state index is 12.6. The summed E-state index contributed by atoms with van der Waals surface area (Å²) >= 11 is 6.31. The topological polar surface area (TPSA) is 80.6 Å². The van der Waals surface area contributed by atoms with Crippen LogP contribution in [0.15, 0.2) is 39.7 Å². The minimum atomic E-state index is -0.133. The second kappa shape index (κ2) is 7.69. The van der Waals surface area contributed by atoms with Gasteiger partial charge in [-0.3, -0.25) is 9.69 Å². The monoisotopic (exact) mass is 401 g/mol. The summed E-state index contributed by atoms with van der Waals surface area (Å²) in [6.45, 7) is 1.94. The van der Waals surface area contributed by atoms with Gasteiger partial charge in [0.05, 0.1) is 36.8 Å². The molecule has 7 nitrogen and oxygen atoms in total. The van der Waals surface area contributed by atoms with Gasteiger partial charge in [-0.15, -0.1) is 0 Å². The lowest BCUT2D eigenvalue weighted by Gasteiger charge is -2.28. The van der Waals surface area contributed by atoms with Gasteiger partial charge < -0.3 is 18.9 Å². The number of furan rings is 1. The molecule has 28 heavy (non-hydrogen) atoms. The molecule has 0 radical (unpaired) electrons. The highest BCUT2D eigenvalue weighted by molar-refractivity contribution is 6.32. The van der Waals surface area contributed by atoms with E-state index in [1.165, 1.54) is 0 Å². The van der Waals surface area contributed by atoms with E-state index in [2.05, 4.69) is 14.9 Å². The highest BCUT2D eigenvalue weighted by Gasteiger charge is 2.23. The maximum Gasteiger partial charge on any atom is 0.256 e. The summed E-state index contributed by atoms with van der Waals surface area (Å²) < 4.78 is 16.0. The number of aromatic nitrogens is 2. The smallest absolute Gasteiger partial charge is 0.256 e. The Morgan fingerprint density at radius 2 is 2.18 bits per heavy atom. The Bertz CT molecular complexity index is 1050. The minimum absolute atomic E-state index is 0.133. The number of hydrogen-bond acceptors (Lipinski definition) is 6. The van der Waals surface area contributed by atoms with Crippen LogP contribution in [0.3, 0.4) is 0 Å². The molecule has 3 heterocycles. The number of ether oxygens (including phenoxy) is 2. The van der Waals surface area contributed by atoms with E-state index in [1.54, 1.807) is 32.6 Å². The molecule has 0 spiro atoms. The van der Waals surface area contributed by atoms with Crippen molar-refractivity contribution in [2.45, 2.75) is 19.5 Å². The van der Waals surface area contributed by atoms with Crippen molar-refractivity contribution in [1.29, 1.82) is 0 Å². The predicted molar refractivity (Wildman–Crippen MR) is 105 cm³/mol. The first-order chi connectivity index (χ1) is 13.6. The largest absolute Gasteiger partial charge is 0.493 e. The first-order valence-corrected chi connectivity index (χ1v) is 9.25. The van der Waals surface area contributed by atoms with Crippen LogP contribution in [-0.4, -0.2) is 35.6 Å². The number of halogens is 1. The summed E-state index contributed by atoms with van der Waals surface area (Å²) in [4.78, 5) is 22.2. The van der Waals surface area contributed by atoms with Crippen LogP contribution < -0.4 is 15.0 Å². The molecule has 8 heteroatoms. The fourth-order valence-electron chi connectivity index (χ4n) is 3.47. The van der Waals surface area contributed by atoms with Crippen LogP contribution >= 0.6 is 11.6 Å². The number of nitrogens with one attached hydrogen (secondary N) is 1. The van der Waals surface area contributed by atoms with Gasteiger partial charge in [0.1, 0.15) is 0 Å². The molecule has 0 fully saturated rings. The first-order valence-electron chi connectivity index (χ1n) is 8.87. The predicted octanol–water partition coefficient (Wildman–Crippen LogP) is 3.26. The molecule has 0 saturated carbocycles. The number of methoxy groups -OCH3 is 2. The summed E-state index contributed by atoms with van der Waals surface area (Å²) in [5, 5.41) is 0.497. The van der Waals surface area contributed by atoms with E-state index in [9.17, 15) is 4.79 Å². The Kier molecular flexibility index (Phi) is 5.11. The van der Waals surface area contributed by atoms with Crippen molar-refractivity contribution in [1.82, 2.24) is 14.9 Å².